The first-order chi connectivity index (χ1) is 10.9. The Morgan fingerprint density at radius 1 is 1.25 bits per heavy atom. The van der Waals surface area contributed by atoms with Crippen molar-refractivity contribution in [3.8, 4) is 0 Å². The molecule has 0 unspecified atom stereocenters. The second-order valence-electron chi connectivity index (χ2n) is 8.06. The van der Waals surface area contributed by atoms with Crippen LogP contribution in [0.15, 0.2) is 12.5 Å². The van der Waals surface area contributed by atoms with Gasteiger partial charge in [-0.1, -0.05) is 20.8 Å². The van der Waals surface area contributed by atoms with E-state index >= 15 is 0 Å². The normalized spacial score (nSPS) is 13.3. The number of nitrogens with one attached hydrogen (secondary N) is 1. The maximum Gasteiger partial charge on any atom is 0.410 e. The molecule has 7 nitrogen and oxygen atoms in total. The Labute approximate surface area is 143 Å². The summed E-state index contributed by atoms with van der Waals surface area (Å²) in [4.78, 5) is 33.0. The van der Waals surface area contributed by atoms with Crippen LogP contribution in [0, 0.1) is 5.41 Å². The number of carbonyl (C=O) groups excluding carboxylic acids is 2. The maximum absolute atomic E-state index is 12.5. The van der Waals surface area contributed by atoms with E-state index in [4.69, 9.17) is 9.47 Å². The minimum Gasteiger partial charge on any atom is -0.464 e. The highest BCUT2D eigenvalue weighted by Crippen LogP contribution is 2.17. The number of imidazole rings is 1. The van der Waals surface area contributed by atoms with Crippen LogP contribution in [0.5, 0.6) is 0 Å². The number of hydrogen-bond donors (Lipinski definition) is 1. The number of aromatic nitrogens is 2. The van der Waals surface area contributed by atoms with Crippen molar-refractivity contribution in [2.24, 2.45) is 5.41 Å². The van der Waals surface area contributed by atoms with E-state index in [0.29, 0.717) is 0 Å². The van der Waals surface area contributed by atoms with Crippen LogP contribution in [0.3, 0.4) is 0 Å². The third kappa shape index (κ3) is 7.02. The second kappa shape index (κ2) is 7.68. The van der Waals surface area contributed by atoms with Gasteiger partial charge in [-0.05, 0) is 26.2 Å². The maximum atomic E-state index is 12.5. The van der Waals surface area contributed by atoms with Crippen molar-refractivity contribution in [2.45, 2.75) is 59.6 Å². The number of nitrogens with zero attached hydrogens (tertiary/aromatic N) is 2. The largest absolute Gasteiger partial charge is 0.464 e. The van der Waals surface area contributed by atoms with Gasteiger partial charge in [0.1, 0.15) is 11.6 Å². The first-order valence-electron chi connectivity index (χ1n) is 7.99. The van der Waals surface area contributed by atoms with Crippen molar-refractivity contribution in [3.05, 3.63) is 18.2 Å². The Bertz CT molecular complexity index is 541. The summed E-state index contributed by atoms with van der Waals surface area (Å²) in [5.74, 6) is -0.465. The number of esters is 1. The average molecular weight is 339 g/mol. The number of amides is 1. The van der Waals surface area contributed by atoms with Crippen molar-refractivity contribution in [3.63, 3.8) is 0 Å². The zero-order valence-electron chi connectivity index (χ0n) is 15.7. The molecule has 1 atom stereocenters. The standard InChI is InChI=1S/C17H29N3O4/c1-16(2,3)10-23-14(21)13(8-12-9-18-11-19-12)20(7)15(22)24-17(4,5)6/h9,11,13H,8,10H2,1-7H3,(H,18,19)/t13-/m0/s1. The van der Waals surface area contributed by atoms with Crippen LogP contribution in [0.4, 0.5) is 4.79 Å². The van der Waals surface area contributed by atoms with E-state index in [1.165, 1.54) is 18.3 Å². The van der Waals surface area contributed by atoms with Crippen LogP contribution in [0.25, 0.3) is 0 Å². The molecule has 0 aliphatic carbocycles. The molecule has 136 valence electrons. The quantitative estimate of drug-likeness (QED) is 0.834. The molecule has 1 amide bonds. The monoisotopic (exact) mass is 339 g/mol. The number of aromatic amines is 1. The number of ether oxygens (including phenoxy) is 2. The van der Waals surface area contributed by atoms with Crippen LogP contribution in [-0.4, -0.2) is 52.2 Å². The summed E-state index contributed by atoms with van der Waals surface area (Å²) in [5.41, 5.74) is -0.0548. The lowest BCUT2D eigenvalue weighted by Gasteiger charge is -2.30. The number of likely N-dealkylation sites (N-methyl/N-ethyl adjacent to an activating group) is 1. The summed E-state index contributed by atoms with van der Waals surface area (Å²) >= 11 is 0. The number of carbonyl (C=O) groups is 2. The van der Waals surface area contributed by atoms with Crippen LogP contribution >= 0.6 is 0 Å². The molecular weight excluding hydrogens is 310 g/mol. The van der Waals surface area contributed by atoms with Gasteiger partial charge in [-0.3, -0.25) is 4.90 Å². The van der Waals surface area contributed by atoms with Gasteiger partial charge < -0.3 is 14.5 Å². The van der Waals surface area contributed by atoms with E-state index in [2.05, 4.69) is 9.97 Å². The Balaban J connectivity index is 2.87. The van der Waals surface area contributed by atoms with E-state index in [9.17, 15) is 9.59 Å². The summed E-state index contributed by atoms with van der Waals surface area (Å²) in [7, 11) is 1.54. The summed E-state index contributed by atoms with van der Waals surface area (Å²) in [6.45, 7) is 11.5. The van der Waals surface area contributed by atoms with E-state index in [1.54, 1.807) is 27.0 Å². The van der Waals surface area contributed by atoms with Gasteiger partial charge in [0.05, 0.1) is 12.9 Å². The van der Waals surface area contributed by atoms with Gasteiger partial charge in [-0.15, -0.1) is 0 Å². The van der Waals surface area contributed by atoms with E-state index < -0.39 is 23.7 Å². The lowest BCUT2D eigenvalue weighted by Crippen LogP contribution is -2.47. The molecule has 0 radical (unpaired) electrons. The molecule has 0 aliphatic rings. The van der Waals surface area contributed by atoms with Gasteiger partial charge in [0.25, 0.3) is 0 Å². The van der Waals surface area contributed by atoms with Crippen LogP contribution in [0.1, 0.15) is 47.2 Å². The summed E-state index contributed by atoms with van der Waals surface area (Å²) in [6, 6.07) is -0.789. The second-order valence-corrected chi connectivity index (χ2v) is 8.06. The number of rotatable bonds is 5. The molecule has 0 saturated carbocycles. The van der Waals surface area contributed by atoms with Gasteiger partial charge in [0, 0.05) is 25.4 Å². The fourth-order valence-electron chi connectivity index (χ4n) is 1.83. The minimum absolute atomic E-state index is 0.154. The molecule has 1 rings (SSSR count). The van der Waals surface area contributed by atoms with Gasteiger partial charge >= 0.3 is 12.1 Å². The Morgan fingerprint density at radius 3 is 2.33 bits per heavy atom. The van der Waals surface area contributed by atoms with Gasteiger partial charge in [0.15, 0.2) is 0 Å². The Morgan fingerprint density at radius 2 is 1.88 bits per heavy atom. The molecule has 24 heavy (non-hydrogen) atoms. The molecule has 0 aliphatic heterocycles. The molecule has 1 N–H and O–H groups in total. The highest BCUT2D eigenvalue weighted by molar-refractivity contribution is 5.81. The highest BCUT2D eigenvalue weighted by Gasteiger charge is 2.32. The van der Waals surface area contributed by atoms with Gasteiger partial charge in [-0.25, -0.2) is 14.6 Å². The van der Waals surface area contributed by atoms with E-state index in [1.807, 2.05) is 20.8 Å². The number of H-pyrrole nitrogens is 1. The minimum atomic E-state index is -0.789. The Kier molecular flexibility index (Phi) is 6.40. The fourth-order valence-corrected chi connectivity index (χ4v) is 1.83. The van der Waals surface area contributed by atoms with Crippen molar-refractivity contribution >= 4 is 12.1 Å². The molecule has 0 bridgehead atoms. The smallest absolute Gasteiger partial charge is 0.410 e. The molecule has 0 spiro atoms. The first kappa shape index (κ1) is 20.0. The van der Waals surface area contributed by atoms with Gasteiger partial charge in [0.2, 0.25) is 0 Å². The number of hydrogen-bond acceptors (Lipinski definition) is 5. The van der Waals surface area contributed by atoms with Crippen molar-refractivity contribution in [1.82, 2.24) is 14.9 Å². The van der Waals surface area contributed by atoms with Crippen molar-refractivity contribution in [2.75, 3.05) is 13.7 Å². The zero-order chi connectivity index (χ0) is 18.5. The lowest BCUT2D eigenvalue weighted by atomic mass is 9.98. The van der Waals surface area contributed by atoms with Crippen LogP contribution in [0.2, 0.25) is 0 Å². The van der Waals surface area contributed by atoms with E-state index in [-0.39, 0.29) is 18.4 Å². The highest BCUT2D eigenvalue weighted by atomic mass is 16.6. The van der Waals surface area contributed by atoms with Crippen molar-refractivity contribution < 1.29 is 19.1 Å². The Hall–Kier alpha value is -2.05. The van der Waals surface area contributed by atoms with Crippen LogP contribution < -0.4 is 0 Å². The summed E-state index contributed by atoms with van der Waals surface area (Å²) in [5, 5.41) is 0. The topological polar surface area (TPSA) is 84.5 Å². The zero-order valence-corrected chi connectivity index (χ0v) is 15.7. The summed E-state index contributed by atoms with van der Waals surface area (Å²) < 4.78 is 10.7. The van der Waals surface area contributed by atoms with Crippen molar-refractivity contribution in [1.29, 1.82) is 0 Å². The molecule has 1 aromatic rings. The molecular formula is C17H29N3O4. The first-order valence-corrected chi connectivity index (χ1v) is 7.99. The lowest BCUT2D eigenvalue weighted by molar-refractivity contribution is -0.152. The third-order valence-electron chi connectivity index (χ3n) is 3.04. The molecule has 7 heteroatoms. The average Bonchev–Trinajstić information content (AvgIpc) is 2.91. The van der Waals surface area contributed by atoms with Gasteiger partial charge in [-0.2, -0.15) is 0 Å². The predicted molar refractivity (Wildman–Crippen MR) is 90.5 cm³/mol. The fraction of sp³-hybridized carbons (Fsp3) is 0.706. The molecule has 0 saturated heterocycles. The summed E-state index contributed by atoms with van der Waals surface area (Å²) in [6.07, 6.45) is 2.85. The van der Waals surface area contributed by atoms with E-state index in [0.717, 1.165) is 5.69 Å². The SMILES string of the molecule is CN(C(=O)OC(C)(C)C)[C@@H](Cc1cnc[nH]1)C(=O)OCC(C)(C)C. The third-order valence-corrected chi connectivity index (χ3v) is 3.04. The molecule has 1 aromatic heterocycles. The molecule has 1 heterocycles. The molecule has 0 fully saturated rings. The molecule has 0 aromatic carbocycles. The predicted octanol–water partition coefficient (Wildman–Crippen LogP) is 2.78. The van der Waals surface area contributed by atoms with Crippen LogP contribution in [-0.2, 0) is 20.7 Å².